The van der Waals surface area contributed by atoms with Crippen molar-refractivity contribution in [2.75, 3.05) is 5.32 Å². The minimum Gasteiger partial charge on any atom is -0.485 e. The van der Waals surface area contributed by atoms with Gasteiger partial charge in [-0.1, -0.05) is 18.2 Å². The van der Waals surface area contributed by atoms with Crippen LogP contribution in [0.1, 0.15) is 27.4 Å². The van der Waals surface area contributed by atoms with Crippen LogP contribution in [-0.4, -0.2) is 10.8 Å². The highest BCUT2D eigenvalue weighted by Gasteiger charge is 2.15. The predicted molar refractivity (Wildman–Crippen MR) is 100 cm³/mol. The third-order valence-electron chi connectivity index (χ3n) is 4.02. The number of hydrogen-bond acceptors (Lipinski definition) is 5. The number of carbonyl (C=O) groups is 1. The van der Waals surface area contributed by atoms with E-state index in [0.29, 0.717) is 17.0 Å². The number of nitrogens with one attached hydrogen (secondary N) is 1. The molecular formula is C20H18N2O5. The molecule has 3 rings (SSSR count). The number of rotatable bonds is 6. The van der Waals surface area contributed by atoms with Crippen LogP contribution in [0.25, 0.3) is 0 Å². The highest BCUT2D eigenvalue weighted by molar-refractivity contribution is 6.02. The zero-order valence-corrected chi connectivity index (χ0v) is 14.9. The molecule has 0 fully saturated rings. The Balaban J connectivity index is 1.65. The number of hydrogen-bond donors (Lipinski definition) is 1. The van der Waals surface area contributed by atoms with Crippen LogP contribution in [-0.2, 0) is 6.61 Å². The van der Waals surface area contributed by atoms with E-state index in [1.807, 2.05) is 31.2 Å². The fraction of sp³-hybridized carbons (Fsp3) is 0.150. The number of carbonyl (C=O) groups excluding carboxylic acids is 1. The highest BCUT2D eigenvalue weighted by atomic mass is 16.6. The molecular weight excluding hydrogens is 348 g/mol. The van der Waals surface area contributed by atoms with Crippen LogP contribution in [0.4, 0.5) is 11.4 Å². The molecule has 7 nitrogen and oxygen atoms in total. The van der Waals surface area contributed by atoms with Gasteiger partial charge in [0.15, 0.2) is 5.76 Å². The topological polar surface area (TPSA) is 94.6 Å². The number of furan rings is 1. The maximum absolute atomic E-state index is 12.3. The molecule has 3 aromatic rings. The molecule has 0 saturated heterocycles. The molecule has 27 heavy (non-hydrogen) atoms. The van der Waals surface area contributed by atoms with E-state index in [1.54, 1.807) is 19.1 Å². The van der Waals surface area contributed by atoms with Crippen molar-refractivity contribution in [2.45, 2.75) is 20.5 Å². The molecule has 0 saturated carbocycles. The maximum atomic E-state index is 12.3. The number of non-ortho nitro benzene ring substituents is 1. The molecule has 0 spiro atoms. The molecule has 1 heterocycles. The standard InChI is InChI=1S/C20H18N2O5/c1-13-5-3-4-6-18(13)26-12-16-8-10-19(27-16)20(23)21-17-9-7-15(22(24)25)11-14(17)2/h3-11H,12H2,1-2H3,(H,21,23). The first kappa shape index (κ1) is 18.2. The number of ether oxygens (including phenoxy) is 1. The van der Waals surface area contributed by atoms with E-state index in [2.05, 4.69) is 5.32 Å². The van der Waals surface area contributed by atoms with Crippen molar-refractivity contribution in [1.82, 2.24) is 0 Å². The van der Waals surface area contributed by atoms with Gasteiger partial charge in [0, 0.05) is 17.8 Å². The molecule has 1 amide bonds. The van der Waals surface area contributed by atoms with Gasteiger partial charge in [-0.15, -0.1) is 0 Å². The van der Waals surface area contributed by atoms with Gasteiger partial charge in [0.2, 0.25) is 0 Å². The Labute approximate surface area is 155 Å². The number of nitro groups is 1. The fourth-order valence-corrected chi connectivity index (χ4v) is 2.53. The van der Waals surface area contributed by atoms with E-state index >= 15 is 0 Å². The molecule has 0 aliphatic heterocycles. The average molecular weight is 366 g/mol. The van der Waals surface area contributed by atoms with E-state index < -0.39 is 10.8 Å². The van der Waals surface area contributed by atoms with E-state index in [0.717, 1.165) is 11.3 Å². The molecule has 138 valence electrons. The summed E-state index contributed by atoms with van der Waals surface area (Å²) in [5.74, 6) is 0.968. The second-order valence-electron chi connectivity index (χ2n) is 6.03. The molecule has 0 atom stereocenters. The van der Waals surface area contributed by atoms with Crippen LogP contribution < -0.4 is 10.1 Å². The Morgan fingerprint density at radius 3 is 2.59 bits per heavy atom. The van der Waals surface area contributed by atoms with Crippen molar-refractivity contribution in [3.05, 3.63) is 87.4 Å². The molecule has 0 aliphatic rings. The third-order valence-corrected chi connectivity index (χ3v) is 4.02. The number of nitrogens with zero attached hydrogens (tertiary/aromatic N) is 1. The summed E-state index contributed by atoms with van der Waals surface area (Å²) in [6.07, 6.45) is 0. The van der Waals surface area contributed by atoms with Gasteiger partial charge < -0.3 is 14.5 Å². The van der Waals surface area contributed by atoms with Gasteiger partial charge in [0.05, 0.1) is 4.92 Å². The average Bonchev–Trinajstić information content (AvgIpc) is 3.11. The lowest BCUT2D eigenvalue weighted by atomic mass is 10.2. The molecule has 0 bridgehead atoms. The molecule has 0 radical (unpaired) electrons. The van der Waals surface area contributed by atoms with Crippen LogP contribution in [0, 0.1) is 24.0 Å². The first-order valence-corrected chi connectivity index (χ1v) is 8.27. The molecule has 7 heteroatoms. The van der Waals surface area contributed by atoms with Gasteiger partial charge in [-0.3, -0.25) is 14.9 Å². The van der Waals surface area contributed by atoms with E-state index in [9.17, 15) is 14.9 Å². The second kappa shape index (κ2) is 7.74. The summed E-state index contributed by atoms with van der Waals surface area (Å²) in [4.78, 5) is 22.7. The first-order chi connectivity index (χ1) is 12.9. The van der Waals surface area contributed by atoms with Gasteiger partial charge >= 0.3 is 0 Å². The van der Waals surface area contributed by atoms with Gasteiger partial charge in [-0.25, -0.2) is 0 Å². The summed E-state index contributed by atoms with van der Waals surface area (Å²) in [6.45, 7) is 3.84. The highest BCUT2D eigenvalue weighted by Crippen LogP contribution is 2.23. The quantitative estimate of drug-likeness (QED) is 0.507. The van der Waals surface area contributed by atoms with Crippen LogP contribution in [0.15, 0.2) is 59.0 Å². The van der Waals surface area contributed by atoms with Gasteiger partial charge in [-0.05, 0) is 49.2 Å². The summed E-state index contributed by atoms with van der Waals surface area (Å²) in [7, 11) is 0. The van der Waals surface area contributed by atoms with Crippen LogP contribution >= 0.6 is 0 Å². The molecule has 0 unspecified atom stereocenters. The van der Waals surface area contributed by atoms with E-state index in [1.165, 1.54) is 18.2 Å². The van der Waals surface area contributed by atoms with Crippen molar-refractivity contribution < 1.29 is 18.9 Å². The summed E-state index contributed by atoms with van der Waals surface area (Å²) in [6, 6.07) is 15.1. The Morgan fingerprint density at radius 1 is 1.11 bits per heavy atom. The Morgan fingerprint density at radius 2 is 1.89 bits per heavy atom. The summed E-state index contributed by atoms with van der Waals surface area (Å²) < 4.78 is 11.2. The van der Waals surface area contributed by atoms with Crippen LogP contribution in [0.3, 0.4) is 0 Å². The van der Waals surface area contributed by atoms with Crippen molar-refractivity contribution in [1.29, 1.82) is 0 Å². The summed E-state index contributed by atoms with van der Waals surface area (Å²) in [5.41, 5.74) is 2.06. The Bertz CT molecular complexity index is 994. The zero-order chi connectivity index (χ0) is 19.4. The lowest BCUT2D eigenvalue weighted by Gasteiger charge is -2.07. The Kier molecular flexibility index (Phi) is 5.21. The molecule has 1 N–H and O–H groups in total. The number of anilines is 1. The maximum Gasteiger partial charge on any atom is 0.291 e. The van der Waals surface area contributed by atoms with Gasteiger partial charge in [-0.2, -0.15) is 0 Å². The number of aryl methyl sites for hydroxylation is 2. The van der Waals surface area contributed by atoms with Crippen LogP contribution in [0.2, 0.25) is 0 Å². The Hall–Kier alpha value is -3.61. The number of para-hydroxylation sites is 1. The predicted octanol–water partition coefficient (Wildman–Crippen LogP) is 4.64. The summed E-state index contributed by atoms with van der Waals surface area (Å²) in [5, 5.41) is 13.5. The molecule has 1 aromatic heterocycles. The second-order valence-corrected chi connectivity index (χ2v) is 6.03. The largest absolute Gasteiger partial charge is 0.485 e. The fourth-order valence-electron chi connectivity index (χ4n) is 2.53. The first-order valence-electron chi connectivity index (χ1n) is 8.27. The lowest BCUT2D eigenvalue weighted by molar-refractivity contribution is -0.384. The van der Waals surface area contributed by atoms with Crippen molar-refractivity contribution in [3.8, 4) is 5.75 Å². The van der Waals surface area contributed by atoms with Crippen LogP contribution in [0.5, 0.6) is 5.75 Å². The number of amides is 1. The normalized spacial score (nSPS) is 10.4. The van der Waals surface area contributed by atoms with Crippen molar-refractivity contribution in [3.63, 3.8) is 0 Å². The van der Waals surface area contributed by atoms with Gasteiger partial charge in [0.25, 0.3) is 11.6 Å². The van der Waals surface area contributed by atoms with E-state index in [4.69, 9.17) is 9.15 Å². The lowest BCUT2D eigenvalue weighted by Crippen LogP contribution is -2.12. The number of nitro benzene ring substituents is 1. The smallest absolute Gasteiger partial charge is 0.291 e. The SMILES string of the molecule is Cc1cc([N+](=O)[O-])ccc1NC(=O)c1ccc(COc2ccccc2C)o1. The van der Waals surface area contributed by atoms with Crippen molar-refractivity contribution in [2.24, 2.45) is 0 Å². The molecule has 2 aromatic carbocycles. The van der Waals surface area contributed by atoms with E-state index in [-0.39, 0.29) is 18.1 Å². The third kappa shape index (κ3) is 4.33. The number of benzene rings is 2. The van der Waals surface area contributed by atoms with Gasteiger partial charge in [0.1, 0.15) is 18.1 Å². The monoisotopic (exact) mass is 366 g/mol. The minimum absolute atomic E-state index is 0.0286. The zero-order valence-electron chi connectivity index (χ0n) is 14.9. The van der Waals surface area contributed by atoms with Crippen molar-refractivity contribution >= 4 is 17.3 Å². The minimum atomic E-state index is -0.480. The molecule has 0 aliphatic carbocycles. The summed E-state index contributed by atoms with van der Waals surface area (Å²) >= 11 is 0.